The highest BCUT2D eigenvalue weighted by molar-refractivity contribution is 5.33. The highest BCUT2D eigenvalue weighted by Crippen LogP contribution is 2.29. The minimum atomic E-state index is 0.244. The predicted octanol–water partition coefficient (Wildman–Crippen LogP) is 2.67. The van der Waals surface area contributed by atoms with Gasteiger partial charge in [0.1, 0.15) is 0 Å². The van der Waals surface area contributed by atoms with Crippen molar-refractivity contribution in [1.29, 1.82) is 0 Å². The van der Waals surface area contributed by atoms with Crippen LogP contribution in [-0.2, 0) is 6.42 Å². The van der Waals surface area contributed by atoms with Crippen molar-refractivity contribution in [1.82, 2.24) is 5.32 Å². The predicted molar refractivity (Wildman–Crippen MR) is 55.8 cm³/mol. The topological polar surface area (TPSA) is 12.0 Å². The lowest BCUT2D eigenvalue weighted by atomic mass is 9.84. The summed E-state index contributed by atoms with van der Waals surface area (Å²) in [6.45, 7) is 6.76. The van der Waals surface area contributed by atoms with Crippen LogP contribution >= 0.6 is 0 Å². The van der Waals surface area contributed by atoms with Crippen LogP contribution in [0.2, 0.25) is 0 Å². The zero-order valence-electron chi connectivity index (χ0n) is 8.59. The van der Waals surface area contributed by atoms with Crippen molar-refractivity contribution in [3.63, 3.8) is 0 Å². The number of nitrogens with one attached hydrogen (secondary N) is 1. The van der Waals surface area contributed by atoms with Gasteiger partial charge >= 0.3 is 0 Å². The molecule has 1 aliphatic heterocycles. The van der Waals surface area contributed by atoms with E-state index in [4.69, 9.17) is 0 Å². The standard InChI is InChI=1S/C12H17N/c1-9-11-7-5-4-6-10(11)8-12(2,3)13-9/h4-7,9,13H,8H2,1-3H3. The lowest BCUT2D eigenvalue weighted by Gasteiger charge is -2.37. The van der Waals surface area contributed by atoms with Crippen molar-refractivity contribution in [3.8, 4) is 0 Å². The summed E-state index contributed by atoms with van der Waals surface area (Å²) in [4.78, 5) is 0. The van der Waals surface area contributed by atoms with E-state index in [2.05, 4.69) is 50.4 Å². The van der Waals surface area contributed by atoms with E-state index in [9.17, 15) is 0 Å². The summed E-state index contributed by atoms with van der Waals surface area (Å²) in [5.41, 5.74) is 3.20. The second kappa shape index (κ2) is 2.85. The minimum Gasteiger partial charge on any atom is -0.305 e. The van der Waals surface area contributed by atoms with E-state index in [0.29, 0.717) is 6.04 Å². The maximum absolute atomic E-state index is 3.61. The molecule has 1 N–H and O–H groups in total. The van der Waals surface area contributed by atoms with Crippen LogP contribution < -0.4 is 5.32 Å². The van der Waals surface area contributed by atoms with Gasteiger partial charge in [-0.1, -0.05) is 24.3 Å². The molecule has 1 aliphatic rings. The Hall–Kier alpha value is -0.820. The molecule has 70 valence electrons. The SMILES string of the molecule is CC1NC(C)(C)Cc2ccccc21. The Labute approximate surface area is 80.2 Å². The summed E-state index contributed by atoms with van der Waals surface area (Å²) in [6, 6.07) is 9.21. The molecular weight excluding hydrogens is 158 g/mol. The van der Waals surface area contributed by atoms with Gasteiger partial charge in [-0.05, 0) is 38.3 Å². The van der Waals surface area contributed by atoms with E-state index < -0.39 is 0 Å². The fraction of sp³-hybridized carbons (Fsp3) is 0.500. The van der Waals surface area contributed by atoms with Crippen molar-refractivity contribution < 1.29 is 0 Å². The van der Waals surface area contributed by atoms with Gasteiger partial charge < -0.3 is 5.32 Å². The molecule has 1 heteroatoms. The van der Waals surface area contributed by atoms with Gasteiger partial charge in [-0.3, -0.25) is 0 Å². The highest BCUT2D eigenvalue weighted by atomic mass is 15.0. The van der Waals surface area contributed by atoms with E-state index in [-0.39, 0.29) is 5.54 Å². The van der Waals surface area contributed by atoms with Gasteiger partial charge in [-0.2, -0.15) is 0 Å². The number of fused-ring (bicyclic) bond motifs is 1. The van der Waals surface area contributed by atoms with Crippen LogP contribution in [0.1, 0.15) is 37.9 Å². The molecule has 0 bridgehead atoms. The summed E-state index contributed by atoms with van der Waals surface area (Å²) in [7, 11) is 0. The molecule has 0 aromatic heterocycles. The lowest BCUT2D eigenvalue weighted by Crippen LogP contribution is -2.46. The molecule has 13 heavy (non-hydrogen) atoms. The molecule has 1 nitrogen and oxygen atoms in total. The third kappa shape index (κ3) is 1.61. The van der Waals surface area contributed by atoms with Gasteiger partial charge in [0.25, 0.3) is 0 Å². The summed E-state index contributed by atoms with van der Waals surface area (Å²) < 4.78 is 0. The quantitative estimate of drug-likeness (QED) is 0.639. The third-order valence-electron chi connectivity index (χ3n) is 2.76. The number of hydrogen-bond acceptors (Lipinski definition) is 1. The zero-order chi connectivity index (χ0) is 9.47. The van der Waals surface area contributed by atoms with Crippen LogP contribution in [-0.4, -0.2) is 5.54 Å². The van der Waals surface area contributed by atoms with E-state index in [1.54, 1.807) is 0 Å². The van der Waals surface area contributed by atoms with Gasteiger partial charge in [0, 0.05) is 11.6 Å². The summed E-state index contributed by atoms with van der Waals surface area (Å²) in [6.07, 6.45) is 1.13. The molecular formula is C12H17N. The van der Waals surface area contributed by atoms with Gasteiger partial charge in [0.2, 0.25) is 0 Å². The molecule has 0 radical (unpaired) electrons. The Bertz CT molecular complexity index is 315. The number of rotatable bonds is 0. The highest BCUT2D eigenvalue weighted by Gasteiger charge is 2.28. The minimum absolute atomic E-state index is 0.244. The van der Waals surface area contributed by atoms with E-state index >= 15 is 0 Å². The molecule has 0 aliphatic carbocycles. The van der Waals surface area contributed by atoms with Gasteiger partial charge in [0.15, 0.2) is 0 Å². The molecule has 0 spiro atoms. The fourth-order valence-corrected chi connectivity index (χ4v) is 2.31. The van der Waals surface area contributed by atoms with Crippen molar-refractivity contribution in [2.75, 3.05) is 0 Å². The molecule has 2 rings (SSSR count). The molecule has 0 fully saturated rings. The Morgan fingerprint density at radius 1 is 1.31 bits per heavy atom. The second-order valence-electron chi connectivity index (χ2n) is 4.63. The summed E-state index contributed by atoms with van der Waals surface area (Å²) >= 11 is 0. The monoisotopic (exact) mass is 175 g/mol. The number of benzene rings is 1. The lowest BCUT2D eigenvalue weighted by molar-refractivity contribution is 0.322. The molecule has 1 heterocycles. The maximum atomic E-state index is 3.61. The van der Waals surface area contributed by atoms with Crippen LogP contribution in [0, 0.1) is 0 Å². The average Bonchev–Trinajstić information content (AvgIpc) is 2.02. The van der Waals surface area contributed by atoms with Gasteiger partial charge in [-0.15, -0.1) is 0 Å². The Balaban J connectivity index is 2.43. The molecule has 0 amide bonds. The van der Waals surface area contributed by atoms with Crippen LogP contribution in [0.4, 0.5) is 0 Å². The first-order chi connectivity index (χ1) is 6.08. The van der Waals surface area contributed by atoms with Crippen molar-refractivity contribution in [3.05, 3.63) is 35.4 Å². The Kier molecular flexibility index (Phi) is 1.92. The first kappa shape index (κ1) is 8.76. The maximum Gasteiger partial charge on any atom is 0.0299 e. The van der Waals surface area contributed by atoms with Crippen LogP contribution in [0.5, 0.6) is 0 Å². The smallest absolute Gasteiger partial charge is 0.0299 e. The van der Waals surface area contributed by atoms with Crippen molar-refractivity contribution in [2.45, 2.75) is 38.8 Å². The second-order valence-corrected chi connectivity index (χ2v) is 4.63. The zero-order valence-corrected chi connectivity index (χ0v) is 8.59. The van der Waals surface area contributed by atoms with Crippen molar-refractivity contribution in [2.24, 2.45) is 0 Å². The van der Waals surface area contributed by atoms with E-state index in [1.807, 2.05) is 0 Å². The summed E-state index contributed by atoms with van der Waals surface area (Å²) in [5, 5.41) is 3.61. The molecule has 0 saturated heterocycles. The van der Waals surface area contributed by atoms with Crippen LogP contribution in [0.3, 0.4) is 0 Å². The first-order valence-electron chi connectivity index (χ1n) is 4.94. The average molecular weight is 175 g/mol. The first-order valence-corrected chi connectivity index (χ1v) is 4.94. The number of hydrogen-bond donors (Lipinski definition) is 1. The van der Waals surface area contributed by atoms with Gasteiger partial charge in [-0.25, -0.2) is 0 Å². The molecule has 0 saturated carbocycles. The Morgan fingerprint density at radius 3 is 2.77 bits per heavy atom. The summed E-state index contributed by atoms with van der Waals surface area (Å²) in [5.74, 6) is 0. The normalized spacial score (nSPS) is 25.3. The van der Waals surface area contributed by atoms with Crippen molar-refractivity contribution >= 4 is 0 Å². The van der Waals surface area contributed by atoms with Crippen LogP contribution in [0.15, 0.2) is 24.3 Å². The van der Waals surface area contributed by atoms with E-state index in [0.717, 1.165) is 6.42 Å². The molecule has 1 aromatic carbocycles. The van der Waals surface area contributed by atoms with Gasteiger partial charge in [0.05, 0.1) is 0 Å². The third-order valence-corrected chi connectivity index (χ3v) is 2.76. The molecule has 1 unspecified atom stereocenters. The van der Waals surface area contributed by atoms with E-state index in [1.165, 1.54) is 11.1 Å². The fourth-order valence-electron chi connectivity index (χ4n) is 2.31. The Morgan fingerprint density at radius 2 is 2.00 bits per heavy atom. The largest absolute Gasteiger partial charge is 0.305 e. The van der Waals surface area contributed by atoms with Crippen LogP contribution in [0.25, 0.3) is 0 Å². The molecule has 1 atom stereocenters. The molecule has 1 aromatic rings.